The zero-order valence-electron chi connectivity index (χ0n) is 20.7. The van der Waals surface area contributed by atoms with E-state index < -0.39 is 11.1 Å². The van der Waals surface area contributed by atoms with Crippen LogP contribution in [0.2, 0.25) is 0 Å². The van der Waals surface area contributed by atoms with Crippen LogP contribution < -0.4 is 15.8 Å². The van der Waals surface area contributed by atoms with E-state index >= 15 is 0 Å². The van der Waals surface area contributed by atoms with Crippen molar-refractivity contribution in [3.05, 3.63) is 47.4 Å². The fraction of sp³-hybridized carbons (Fsp3) is 0.462. The molecule has 1 aliphatic carbocycles. The third-order valence-electron chi connectivity index (χ3n) is 6.81. The summed E-state index contributed by atoms with van der Waals surface area (Å²) >= 11 is 0. The molecule has 3 N–H and O–H groups in total. The summed E-state index contributed by atoms with van der Waals surface area (Å²) in [6.07, 6.45) is 5.77. The van der Waals surface area contributed by atoms with Gasteiger partial charge in [-0.3, -0.25) is 0 Å². The van der Waals surface area contributed by atoms with Crippen LogP contribution in [0.5, 0.6) is 5.88 Å². The SMILES string of the molecule is COCC(C)(N)c1cnc(OC2CC2)c2cnc(Nc3ccc4c(n3)[C@@H](C)C(C)(C)OC4=O)cc12. The molecule has 9 heteroatoms. The first kappa shape index (κ1) is 23.4. The van der Waals surface area contributed by atoms with Crippen molar-refractivity contribution in [2.45, 2.75) is 63.7 Å². The van der Waals surface area contributed by atoms with E-state index in [1.54, 1.807) is 31.6 Å². The summed E-state index contributed by atoms with van der Waals surface area (Å²) in [5.74, 6) is 1.32. The molecule has 1 unspecified atom stereocenters. The molecule has 4 heterocycles. The molecule has 0 saturated heterocycles. The lowest BCUT2D eigenvalue weighted by molar-refractivity contribution is -0.0189. The Morgan fingerprint density at radius 2 is 1.97 bits per heavy atom. The molecule has 9 nitrogen and oxygen atoms in total. The molecule has 0 aromatic carbocycles. The number of ether oxygens (including phenoxy) is 3. The summed E-state index contributed by atoms with van der Waals surface area (Å²) < 4.78 is 17.0. The first-order chi connectivity index (χ1) is 16.6. The van der Waals surface area contributed by atoms with Crippen LogP contribution in [0.15, 0.2) is 30.6 Å². The minimum atomic E-state index is -0.762. The number of hydrogen-bond donors (Lipinski definition) is 2. The molecule has 2 aliphatic rings. The number of fused-ring (bicyclic) bond motifs is 2. The molecule has 0 radical (unpaired) electrons. The van der Waals surface area contributed by atoms with Gasteiger partial charge in [0.2, 0.25) is 5.88 Å². The number of rotatable bonds is 7. The van der Waals surface area contributed by atoms with Gasteiger partial charge in [-0.25, -0.2) is 19.7 Å². The Hall–Kier alpha value is -3.30. The average Bonchev–Trinajstić information content (AvgIpc) is 3.61. The van der Waals surface area contributed by atoms with Gasteiger partial charge in [-0.1, -0.05) is 6.92 Å². The Morgan fingerprint density at radius 3 is 2.69 bits per heavy atom. The number of carbonyl (C=O) groups excluding carboxylic acids is 1. The molecular formula is C26H31N5O4. The summed E-state index contributed by atoms with van der Waals surface area (Å²) in [7, 11) is 1.62. The van der Waals surface area contributed by atoms with Crippen molar-refractivity contribution in [3.63, 3.8) is 0 Å². The van der Waals surface area contributed by atoms with Gasteiger partial charge < -0.3 is 25.3 Å². The number of carbonyl (C=O) groups is 1. The van der Waals surface area contributed by atoms with Crippen molar-refractivity contribution in [1.29, 1.82) is 0 Å². The number of esters is 1. The molecular weight excluding hydrogens is 446 g/mol. The number of nitrogens with zero attached hydrogens (tertiary/aromatic N) is 3. The standard InChI is InChI=1S/C26H31N5O4/c1-14-22-16(24(32)35-25(14,2)3)8-9-20(31-22)30-21-10-17-18(11-28-21)23(34-15-6-7-15)29-12-19(17)26(4,27)13-33-5/h8-12,14-15H,6-7,13,27H2,1-5H3,(H,28,30,31)/t14-,26?/m1/s1. The number of cyclic esters (lactones) is 1. The fourth-order valence-electron chi connectivity index (χ4n) is 4.34. The Kier molecular flexibility index (Phi) is 5.64. The van der Waals surface area contributed by atoms with E-state index in [9.17, 15) is 4.79 Å². The van der Waals surface area contributed by atoms with Crippen LogP contribution in [0.25, 0.3) is 10.8 Å². The van der Waals surface area contributed by atoms with Crippen molar-refractivity contribution in [3.8, 4) is 5.88 Å². The highest BCUT2D eigenvalue weighted by Crippen LogP contribution is 2.39. The molecule has 184 valence electrons. The third kappa shape index (κ3) is 4.41. The van der Waals surface area contributed by atoms with E-state index in [4.69, 9.17) is 24.9 Å². The number of pyridine rings is 3. The predicted molar refractivity (Wildman–Crippen MR) is 132 cm³/mol. The zero-order valence-corrected chi connectivity index (χ0v) is 20.7. The van der Waals surface area contributed by atoms with Gasteiger partial charge in [0.25, 0.3) is 0 Å². The van der Waals surface area contributed by atoms with Gasteiger partial charge in [-0.15, -0.1) is 0 Å². The van der Waals surface area contributed by atoms with Crippen LogP contribution >= 0.6 is 0 Å². The van der Waals surface area contributed by atoms with Gasteiger partial charge in [-0.2, -0.15) is 0 Å². The Balaban J connectivity index is 1.54. The van der Waals surface area contributed by atoms with E-state index in [0.29, 0.717) is 35.4 Å². The Bertz CT molecular complexity index is 1300. The van der Waals surface area contributed by atoms with Crippen molar-refractivity contribution in [2.75, 3.05) is 19.0 Å². The van der Waals surface area contributed by atoms with Crippen LogP contribution in [-0.4, -0.2) is 46.3 Å². The van der Waals surface area contributed by atoms with E-state index in [0.717, 1.165) is 29.2 Å². The average molecular weight is 478 g/mol. The molecule has 3 aromatic rings. The lowest BCUT2D eigenvalue weighted by Crippen LogP contribution is -2.39. The molecule has 1 saturated carbocycles. The summed E-state index contributed by atoms with van der Waals surface area (Å²) in [4.78, 5) is 26.3. The molecule has 2 atom stereocenters. The second-order valence-corrected chi connectivity index (χ2v) is 10.2. The summed E-state index contributed by atoms with van der Waals surface area (Å²) in [6.45, 7) is 8.04. The third-order valence-corrected chi connectivity index (χ3v) is 6.81. The summed E-state index contributed by atoms with van der Waals surface area (Å²) in [5, 5.41) is 4.96. The van der Waals surface area contributed by atoms with E-state index in [2.05, 4.69) is 15.3 Å². The molecule has 0 spiro atoms. The number of nitrogens with one attached hydrogen (secondary N) is 1. The van der Waals surface area contributed by atoms with Crippen molar-refractivity contribution in [1.82, 2.24) is 15.0 Å². The predicted octanol–water partition coefficient (Wildman–Crippen LogP) is 4.18. The van der Waals surface area contributed by atoms with E-state index in [-0.39, 0.29) is 18.0 Å². The maximum atomic E-state index is 12.4. The molecule has 1 aliphatic heterocycles. The normalized spacial score (nSPS) is 20.6. The van der Waals surface area contributed by atoms with Gasteiger partial charge >= 0.3 is 5.97 Å². The Morgan fingerprint density at radius 1 is 1.20 bits per heavy atom. The quantitative estimate of drug-likeness (QED) is 0.483. The molecule has 35 heavy (non-hydrogen) atoms. The van der Waals surface area contributed by atoms with Crippen LogP contribution in [0.1, 0.15) is 68.1 Å². The van der Waals surface area contributed by atoms with Gasteiger partial charge in [-0.05, 0) is 57.2 Å². The van der Waals surface area contributed by atoms with Crippen molar-refractivity contribution >= 4 is 28.4 Å². The van der Waals surface area contributed by atoms with E-state index in [1.807, 2.05) is 33.8 Å². The number of hydrogen-bond acceptors (Lipinski definition) is 9. The minimum Gasteiger partial charge on any atom is -0.474 e. The lowest BCUT2D eigenvalue weighted by atomic mass is 9.84. The van der Waals surface area contributed by atoms with Gasteiger partial charge in [0.1, 0.15) is 23.3 Å². The molecule has 5 rings (SSSR count). The highest BCUT2D eigenvalue weighted by Gasteiger charge is 2.40. The van der Waals surface area contributed by atoms with Crippen molar-refractivity contribution < 1.29 is 19.0 Å². The highest BCUT2D eigenvalue weighted by atomic mass is 16.6. The van der Waals surface area contributed by atoms with Crippen LogP contribution in [-0.2, 0) is 15.0 Å². The lowest BCUT2D eigenvalue weighted by Gasteiger charge is -2.36. The maximum absolute atomic E-state index is 12.4. The van der Waals surface area contributed by atoms with Gasteiger partial charge in [0.05, 0.1) is 28.8 Å². The minimum absolute atomic E-state index is 0.0617. The van der Waals surface area contributed by atoms with Crippen molar-refractivity contribution in [2.24, 2.45) is 5.73 Å². The molecule has 0 bridgehead atoms. The first-order valence-corrected chi connectivity index (χ1v) is 11.8. The number of aromatic nitrogens is 3. The second kappa shape index (κ2) is 8.42. The fourth-order valence-corrected chi connectivity index (χ4v) is 4.34. The number of methoxy groups -OCH3 is 1. The topological polar surface area (TPSA) is 121 Å². The Labute approximate surface area is 204 Å². The van der Waals surface area contributed by atoms with Crippen LogP contribution in [0.4, 0.5) is 11.6 Å². The molecule has 3 aromatic heterocycles. The zero-order chi connectivity index (χ0) is 25.0. The largest absolute Gasteiger partial charge is 0.474 e. The number of nitrogens with two attached hydrogens (primary N) is 1. The van der Waals surface area contributed by atoms with Gasteiger partial charge in [0, 0.05) is 31.0 Å². The summed E-state index contributed by atoms with van der Waals surface area (Å²) in [5.41, 5.74) is 7.24. The molecule has 0 amide bonds. The smallest absolute Gasteiger partial charge is 0.340 e. The monoisotopic (exact) mass is 477 g/mol. The van der Waals surface area contributed by atoms with E-state index in [1.165, 1.54) is 0 Å². The van der Waals surface area contributed by atoms with Gasteiger partial charge in [0.15, 0.2) is 0 Å². The maximum Gasteiger partial charge on any atom is 0.340 e. The summed E-state index contributed by atoms with van der Waals surface area (Å²) in [6, 6.07) is 5.42. The first-order valence-electron chi connectivity index (χ1n) is 11.8. The highest BCUT2D eigenvalue weighted by molar-refractivity contribution is 5.93. The number of anilines is 2. The van der Waals surface area contributed by atoms with Crippen LogP contribution in [0, 0.1) is 0 Å². The molecule has 1 fully saturated rings. The second-order valence-electron chi connectivity index (χ2n) is 10.2. The van der Waals surface area contributed by atoms with Crippen LogP contribution in [0.3, 0.4) is 0 Å².